The first-order chi connectivity index (χ1) is 19.3. The molecule has 1 aliphatic rings. The van der Waals surface area contributed by atoms with Gasteiger partial charge in [-0.05, 0) is 116 Å². The minimum Gasteiger partial charge on any atom is -0.493 e. The van der Waals surface area contributed by atoms with Gasteiger partial charge in [0.05, 0.1) is 17.6 Å². The molecule has 1 N–H and O–H groups in total. The van der Waals surface area contributed by atoms with Crippen molar-refractivity contribution in [3.63, 3.8) is 0 Å². The van der Waals surface area contributed by atoms with Gasteiger partial charge in [-0.3, -0.25) is 0 Å². The van der Waals surface area contributed by atoms with Crippen LogP contribution in [0.3, 0.4) is 0 Å². The summed E-state index contributed by atoms with van der Waals surface area (Å²) in [6, 6.07) is 19.7. The number of nitrogens with zero attached hydrogens (tertiary/aromatic N) is 3. The number of rotatable bonds is 5. The Balaban J connectivity index is 1.26. The van der Waals surface area contributed by atoms with Gasteiger partial charge in [-0.2, -0.15) is 0 Å². The number of H-pyrrole nitrogens is 1. The topological polar surface area (TPSA) is 63.7 Å². The number of aromatic nitrogens is 4. The van der Waals surface area contributed by atoms with E-state index in [0.717, 1.165) is 70.2 Å². The third kappa shape index (κ3) is 5.48. The van der Waals surface area contributed by atoms with E-state index in [0.29, 0.717) is 24.9 Å². The molecule has 2 unspecified atom stereocenters. The van der Waals surface area contributed by atoms with Crippen LogP contribution in [0.4, 0.5) is 4.39 Å². The maximum atomic E-state index is 13.5. The molecular weight excluding hydrogens is 499 g/mol. The molecule has 0 aliphatic carbocycles. The highest BCUT2D eigenvalue weighted by Gasteiger charge is 2.25. The van der Waals surface area contributed by atoms with Crippen LogP contribution in [0.15, 0.2) is 60.7 Å². The number of halogens is 1. The Bertz CT molecular complexity index is 1670. The van der Waals surface area contributed by atoms with Gasteiger partial charge in [0.25, 0.3) is 0 Å². The normalized spacial score (nSPS) is 17.2. The lowest BCUT2D eigenvalue weighted by molar-refractivity contribution is 0.220. The lowest BCUT2D eigenvalue weighted by Gasteiger charge is -2.29. The van der Waals surface area contributed by atoms with Gasteiger partial charge in [0.1, 0.15) is 23.2 Å². The van der Waals surface area contributed by atoms with Gasteiger partial charge in [0, 0.05) is 17.8 Å². The Morgan fingerprint density at radius 2 is 1.70 bits per heavy atom. The Hall–Kier alpha value is -4.06. The van der Waals surface area contributed by atoms with Gasteiger partial charge in [-0.25, -0.2) is 19.3 Å². The highest BCUT2D eigenvalue weighted by atomic mass is 19.1. The molecule has 5 aromatic rings. The second kappa shape index (κ2) is 10.8. The average Bonchev–Trinajstić information content (AvgIpc) is 3.30. The smallest absolute Gasteiger partial charge is 0.125 e. The van der Waals surface area contributed by atoms with Gasteiger partial charge in [0.15, 0.2) is 0 Å². The Kier molecular flexibility index (Phi) is 7.09. The molecule has 5 nitrogen and oxygen atoms in total. The second-order valence-electron chi connectivity index (χ2n) is 11.2. The van der Waals surface area contributed by atoms with Gasteiger partial charge in [-0.15, -0.1) is 0 Å². The summed E-state index contributed by atoms with van der Waals surface area (Å²) in [6.45, 7) is 9.03. The van der Waals surface area contributed by atoms with Crippen molar-refractivity contribution >= 4 is 11.0 Å². The molecule has 1 aliphatic heterocycles. The predicted octanol–water partition coefficient (Wildman–Crippen LogP) is 7.50. The highest BCUT2D eigenvalue weighted by molar-refractivity contribution is 5.82. The average molecular weight is 535 g/mol. The van der Waals surface area contributed by atoms with Crippen LogP contribution in [0.1, 0.15) is 53.1 Å². The van der Waals surface area contributed by atoms with Crippen molar-refractivity contribution < 1.29 is 9.13 Å². The lowest BCUT2D eigenvalue weighted by Crippen LogP contribution is -2.24. The standard InChI is InChI=1S/C34H35FN4O/c1-20-15-28-17-26(27-7-11-31-33(19-27)39-23(4)37-31)8-12-34(28)40-14-13-25(20)18-32-30(21(2)36-22(3)38-32)16-24-5-9-29(35)10-6-24/h5-12,17,19-20,25H,13-16,18H2,1-4H3,(H,37,39). The molecule has 6 heteroatoms. The summed E-state index contributed by atoms with van der Waals surface area (Å²) in [5.41, 5.74) is 9.96. The van der Waals surface area contributed by atoms with Crippen molar-refractivity contribution in [2.24, 2.45) is 11.8 Å². The molecule has 0 bridgehead atoms. The molecule has 40 heavy (non-hydrogen) atoms. The minimum atomic E-state index is -0.218. The van der Waals surface area contributed by atoms with E-state index in [9.17, 15) is 4.39 Å². The molecular formula is C34H35FN4O. The largest absolute Gasteiger partial charge is 0.493 e. The number of aryl methyl sites for hydroxylation is 3. The molecule has 0 saturated heterocycles. The first-order valence-electron chi connectivity index (χ1n) is 14.1. The third-order valence-corrected chi connectivity index (χ3v) is 8.25. The van der Waals surface area contributed by atoms with Crippen LogP contribution in [0.5, 0.6) is 5.75 Å². The Labute approximate surface area is 234 Å². The number of hydrogen-bond donors (Lipinski definition) is 1. The fraction of sp³-hybridized carbons (Fsp3) is 0.324. The third-order valence-electron chi connectivity index (χ3n) is 8.25. The van der Waals surface area contributed by atoms with Crippen LogP contribution in [0, 0.1) is 38.4 Å². The number of imidazole rings is 1. The zero-order valence-corrected chi connectivity index (χ0v) is 23.6. The monoisotopic (exact) mass is 534 g/mol. The molecule has 204 valence electrons. The molecule has 2 atom stereocenters. The van der Waals surface area contributed by atoms with Crippen LogP contribution < -0.4 is 4.74 Å². The number of aromatic amines is 1. The first-order valence-corrected chi connectivity index (χ1v) is 14.1. The fourth-order valence-electron chi connectivity index (χ4n) is 6.06. The molecule has 0 spiro atoms. The summed E-state index contributed by atoms with van der Waals surface area (Å²) >= 11 is 0. The van der Waals surface area contributed by atoms with E-state index in [-0.39, 0.29) is 5.82 Å². The summed E-state index contributed by atoms with van der Waals surface area (Å²) in [5.74, 6) is 3.35. The summed E-state index contributed by atoms with van der Waals surface area (Å²) in [4.78, 5) is 17.5. The minimum absolute atomic E-state index is 0.218. The van der Waals surface area contributed by atoms with Crippen molar-refractivity contribution in [2.45, 2.75) is 53.4 Å². The maximum absolute atomic E-state index is 13.5. The van der Waals surface area contributed by atoms with Crippen LogP contribution in [0.2, 0.25) is 0 Å². The molecule has 0 amide bonds. The number of fused-ring (bicyclic) bond motifs is 2. The fourth-order valence-corrected chi connectivity index (χ4v) is 6.06. The summed E-state index contributed by atoms with van der Waals surface area (Å²) in [5, 5.41) is 0. The van der Waals surface area contributed by atoms with Gasteiger partial charge >= 0.3 is 0 Å². The van der Waals surface area contributed by atoms with E-state index in [2.05, 4.69) is 65.2 Å². The summed E-state index contributed by atoms with van der Waals surface area (Å²) in [6.07, 6.45) is 3.48. The first kappa shape index (κ1) is 26.2. The highest BCUT2D eigenvalue weighted by Crippen LogP contribution is 2.35. The van der Waals surface area contributed by atoms with Crippen molar-refractivity contribution in [1.29, 1.82) is 0 Å². The van der Waals surface area contributed by atoms with Crippen LogP contribution in [-0.2, 0) is 19.3 Å². The van der Waals surface area contributed by atoms with Gasteiger partial charge < -0.3 is 9.72 Å². The summed E-state index contributed by atoms with van der Waals surface area (Å²) in [7, 11) is 0. The number of nitrogens with one attached hydrogen (secondary N) is 1. The van der Waals surface area contributed by atoms with Crippen molar-refractivity contribution in [2.75, 3.05) is 6.61 Å². The van der Waals surface area contributed by atoms with E-state index in [1.165, 1.54) is 28.8 Å². The lowest BCUT2D eigenvalue weighted by atomic mass is 9.81. The van der Waals surface area contributed by atoms with E-state index in [1.54, 1.807) is 0 Å². The number of benzene rings is 3. The van der Waals surface area contributed by atoms with Crippen LogP contribution >= 0.6 is 0 Å². The van der Waals surface area contributed by atoms with Crippen LogP contribution in [-0.4, -0.2) is 26.5 Å². The van der Waals surface area contributed by atoms with E-state index in [1.807, 2.05) is 26.0 Å². The van der Waals surface area contributed by atoms with E-state index >= 15 is 0 Å². The van der Waals surface area contributed by atoms with Crippen LogP contribution in [0.25, 0.3) is 22.2 Å². The maximum Gasteiger partial charge on any atom is 0.125 e. The van der Waals surface area contributed by atoms with Crippen molar-refractivity contribution in [1.82, 2.24) is 19.9 Å². The molecule has 0 fully saturated rings. The zero-order valence-electron chi connectivity index (χ0n) is 23.6. The van der Waals surface area contributed by atoms with Gasteiger partial charge in [0.2, 0.25) is 0 Å². The molecule has 0 radical (unpaired) electrons. The summed E-state index contributed by atoms with van der Waals surface area (Å²) < 4.78 is 19.8. The Morgan fingerprint density at radius 3 is 2.52 bits per heavy atom. The van der Waals surface area contributed by atoms with E-state index in [4.69, 9.17) is 9.72 Å². The van der Waals surface area contributed by atoms with Crippen molar-refractivity contribution in [3.05, 3.63) is 106 Å². The molecule has 0 saturated carbocycles. The molecule has 3 aromatic carbocycles. The van der Waals surface area contributed by atoms with Crippen molar-refractivity contribution in [3.8, 4) is 16.9 Å². The van der Waals surface area contributed by atoms with Gasteiger partial charge in [-0.1, -0.05) is 31.2 Å². The Morgan fingerprint density at radius 1 is 0.925 bits per heavy atom. The molecule has 3 heterocycles. The zero-order chi connectivity index (χ0) is 27.8. The SMILES string of the molecule is Cc1nc(C)c(Cc2ccc(F)cc2)c(CC2CCOc3ccc(-c4ccc5nc(C)[nH]c5c4)cc3CC2C)n1. The predicted molar refractivity (Wildman–Crippen MR) is 157 cm³/mol. The number of ether oxygens (including phenoxy) is 1. The molecule has 2 aromatic heterocycles. The second-order valence-corrected chi connectivity index (χ2v) is 11.2. The molecule has 6 rings (SSSR count). The quantitative estimate of drug-likeness (QED) is 0.254. The van der Waals surface area contributed by atoms with E-state index < -0.39 is 0 Å². The number of hydrogen-bond acceptors (Lipinski definition) is 4.